The summed E-state index contributed by atoms with van der Waals surface area (Å²) in [5.41, 5.74) is 8.42. The standard InChI is InChI=1S/C36H39ClN2O4/c1-7-38-28-16-12-24(33(40)41)20-26(28)35(3,4)30(38)18-14-22-10-9-11-23(32(22)37)15-19-31-36(5,6)27-21-25(34(42)43)13-17-29(27)39(31)8-2/h12-21H,7-11H2,1-6H3,(H-,40,41,42,43)/p+1. The molecule has 2 heterocycles. The SMILES string of the molecule is CCN1/C(=C/C=C2\CCCC(/C=C/C3=[N+](CC)c4ccc(C(=O)O)cc4C3(C)C)=C2Cl)C(C)(C)c2cc(C(=O)O)ccc21. The van der Waals surface area contributed by atoms with E-state index in [2.05, 4.69) is 75.3 Å². The number of aromatic carboxylic acids is 2. The monoisotopic (exact) mass is 599 g/mol. The Morgan fingerprint density at radius 2 is 1.56 bits per heavy atom. The summed E-state index contributed by atoms with van der Waals surface area (Å²) in [7, 11) is 0. The van der Waals surface area contributed by atoms with Gasteiger partial charge in [-0.2, -0.15) is 4.58 Å². The number of hydrogen-bond acceptors (Lipinski definition) is 3. The van der Waals surface area contributed by atoms with Crippen LogP contribution in [0.1, 0.15) is 92.6 Å². The molecule has 0 fully saturated rings. The summed E-state index contributed by atoms with van der Waals surface area (Å²) in [6.45, 7) is 14.3. The van der Waals surface area contributed by atoms with E-state index < -0.39 is 11.9 Å². The highest BCUT2D eigenvalue weighted by Gasteiger charge is 2.44. The molecular weight excluding hydrogens is 560 g/mol. The van der Waals surface area contributed by atoms with E-state index >= 15 is 0 Å². The van der Waals surface area contributed by atoms with Gasteiger partial charge in [0.25, 0.3) is 0 Å². The van der Waals surface area contributed by atoms with Crippen LogP contribution in [0.15, 0.2) is 82.6 Å². The van der Waals surface area contributed by atoms with Gasteiger partial charge in [0, 0.05) is 46.1 Å². The average molecular weight is 600 g/mol. The summed E-state index contributed by atoms with van der Waals surface area (Å²) >= 11 is 7.06. The van der Waals surface area contributed by atoms with Crippen molar-refractivity contribution in [2.75, 3.05) is 18.0 Å². The molecule has 0 spiro atoms. The Labute approximate surface area is 259 Å². The Morgan fingerprint density at radius 1 is 0.907 bits per heavy atom. The van der Waals surface area contributed by atoms with Gasteiger partial charge in [0.15, 0.2) is 5.71 Å². The smallest absolute Gasteiger partial charge is 0.335 e. The number of halogens is 1. The van der Waals surface area contributed by atoms with Gasteiger partial charge in [-0.1, -0.05) is 37.6 Å². The molecule has 5 rings (SSSR count). The molecule has 2 N–H and O–H groups in total. The molecule has 0 saturated carbocycles. The van der Waals surface area contributed by atoms with Crippen LogP contribution in [-0.4, -0.2) is 45.5 Å². The number of hydrogen-bond donors (Lipinski definition) is 2. The molecule has 2 aromatic carbocycles. The fourth-order valence-corrected chi connectivity index (χ4v) is 7.18. The molecule has 3 aliphatic rings. The maximum Gasteiger partial charge on any atom is 0.335 e. The summed E-state index contributed by atoms with van der Waals surface area (Å²) in [5, 5.41) is 19.9. The summed E-state index contributed by atoms with van der Waals surface area (Å²) in [5.74, 6) is -1.84. The number of carboxylic acids is 2. The van der Waals surface area contributed by atoms with E-state index in [1.54, 1.807) is 24.3 Å². The summed E-state index contributed by atoms with van der Waals surface area (Å²) in [4.78, 5) is 25.6. The van der Waals surface area contributed by atoms with Crippen molar-refractivity contribution in [3.8, 4) is 0 Å². The van der Waals surface area contributed by atoms with Crippen LogP contribution < -0.4 is 4.90 Å². The number of allylic oxidation sites excluding steroid dienone is 8. The average Bonchev–Trinajstić information content (AvgIpc) is 3.32. The summed E-state index contributed by atoms with van der Waals surface area (Å²) in [6.07, 6.45) is 11.3. The molecule has 0 radical (unpaired) electrons. The minimum absolute atomic E-state index is 0.299. The van der Waals surface area contributed by atoms with E-state index in [4.69, 9.17) is 11.6 Å². The van der Waals surface area contributed by atoms with Gasteiger partial charge in [0.05, 0.1) is 16.5 Å². The first kappa shape index (κ1) is 30.6. The van der Waals surface area contributed by atoms with Crippen molar-refractivity contribution in [2.45, 2.75) is 71.6 Å². The van der Waals surface area contributed by atoms with Crippen molar-refractivity contribution in [3.05, 3.63) is 105 Å². The number of carboxylic acid groups (broad SMARTS) is 2. The molecule has 0 bridgehead atoms. The van der Waals surface area contributed by atoms with Gasteiger partial charge in [0.2, 0.25) is 5.69 Å². The summed E-state index contributed by atoms with van der Waals surface area (Å²) < 4.78 is 2.25. The number of fused-ring (bicyclic) bond motifs is 2. The van der Waals surface area contributed by atoms with Crippen molar-refractivity contribution in [2.24, 2.45) is 0 Å². The number of carbonyl (C=O) groups is 2. The second-order valence-electron chi connectivity index (χ2n) is 12.5. The molecular formula is C36H40ClN2O4+. The van der Waals surface area contributed by atoms with E-state index in [-0.39, 0.29) is 10.8 Å². The molecule has 0 atom stereocenters. The van der Waals surface area contributed by atoms with Gasteiger partial charge in [0.1, 0.15) is 6.54 Å². The highest BCUT2D eigenvalue weighted by atomic mass is 35.5. The zero-order valence-corrected chi connectivity index (χ0v) is 26.5. The van der Waals surface area contributed by atoms with Crippen molar-refractivity contribution in [1.29, 1.82) is 0 Å². The van der Waals surface area contributed by atoms with Gasteiger partial charge < -0.3 is 15.1 Å². The molecule has 0 amide bonds. The lowest BCUT2D eigenvalue weighted by Crippen LogP contribution is -2.27. The predicted molar refractivity (Wildman–Crippen MR) is 173 cm³/mol. The Morgan fingerprint density at radius 3 is 2.19 bits per heavy atom. The number of nitrogens with zero attached hydrogens (tertiary/aromatic N) is 2. The minimum atomic E-state index is -0.920. The van der Waals surface area contributed by atoms with Crippen LogP contribution in [0.2, 0.25) is 0 Å². The molecule has 224 valence electrons. The Hall–Kier alpha value is -3.90. The molecule has 0 saturated heterocycles. The van der Waals surface area contributed by atoms with Crippen molar-refractivity contribution < 1.29 is 24.4 Å². The lowest BCUT2D eigenvalue weighted by Gasteiger charge is -2.26. The first-order valence-corrected chi connectivity index (χ1v) is 15.4. The Kier molecular flexibility index (Phi) is 8.03. The Balaban J connectivity index is 1.48. The van der Waals surface area contributed by atoms with Gasteiger partial charge in [-0.25, -0.2) is 9.59 Å². The van der Waals surface area contributed by atoms with E-state index in [1.165, 1.54) is 0 Å². The zero-order valence-electron chi connectivity index (χ0n) is 25.8. The lowest BCUT2D eigenvalue weighted by molar-refractivity contribution is -0.433. The van der Waals surface area contributed by atoms with E-state index in [0.717, 1.165) is 82.4 Å². The second-order valence-corrected chi connectivity index (χ2v) is 12.8. The third-order valence-corrected chi connectivity index (χ3v) is 9.74. The molecule has 7 heteroatoms. The normalized spacial score (nSPS) is 20.9. The molecule has 1 aliphatic carbocycles. The van der Waals surface area contributed by atoms with Crippen molar-refractivity contribution >= 4 is 40.6 Å². The van der Waals surface area contributed by atoms with Crippen LogP contribution >= 0.6 is 11.6 Å². The quantitative estimate of drug-likeness (QED) is 0.313. The zero-order chi connectivity index (χ0) is 31.3. The van der Waals surface area contributed by atoms with Crippen LogP contribution in [-0.2, 0) is 10.8 Å². The fraction of sp³-hybridized carbons (Fsp3) is 0.361. The Bertz CT molecular complexity index is 1690. The largest absolute Gasteiger partial charge is 0.478 e. The topological polar surface area (TPSA) is 80.8 Å². The highest BCUT2D eigenvalue weighted by molar-refractivity contribution is 6.32. The van der Waals surface area contributed by atoms with E-state index in [1.807, 2.05) is 12.1 Å². The molecule has 2 aliphatic heterocycles. The van der Waals surface area contributed by atoms with E-state index in [0.29, 0.717) is 11.1 Å². The van der Waals surface area contributed by atoms with Crippen LogP contribution in [0, 0.1) is 0 Å². The van der Waals surface area contributed by atoms with Crippen molar-refractivity contribution in [1.82, 2.24) is 0 Å². The van der Waals surface area contributed by atoms with Gasteiger partial charge in [-0.05, 0) is 100 Å². The fourth-order valence-electron chi connectivity index (χ4n) is 6.87. The van der Waals surface area contributed by atoms with E-state index in [9.17, 15) is 19.8 Å². The minimum Gasteiger partial charge on any atom is -0.478 e. The van der Waals surface area contributed by atoms with Gasteiger partial charge in [-0.15, -0.1) is 0 Å². The first-order chi connectivity index (χ1) is 20.3. The van der Waals surface area contributed by atoms with Gasteiger partial charge in [-0.3, -0.25) is 0 Å². The predicted octanol–water partition coefficient (Wildman–Crippen LogP) is 8.34. The third-order valence-electron chi connectivity index (χ3n) is 9.25. The van der Waals surface area contributed by atoms with Crippen LogP contribution in [0.5, 0.6) is 0 Å². The van der Waals surface area contributed by atoms with Crippen LogP contribution in [0.4, 0.5) is 11.4 Å². The maximum absolute atomic E-state index is 11.7. The second kappa shape index (κ2) is 11.3. The van der Waals surface area contributed by atoms with Gasteiger partial charge >= 0.3 is 11.9 Å². The lowest BCUT2D eigenvalue weighted by atomic mass is 9.80. The van der Waals surface area contributed by atoms with Crippen LogP contribution in [0.25, 0.3) is 0 Å². The first-order valence-electron chi connectivity index (χ1n) is 15.0. The molecule has 0 unspecified atom stereocenters. The molecule has 0 aromatic heterocycles. The van der Waals surface area contributed by atoms with Crippen LogP contribution in [0.3, 0.4) is 0 Å². The number of benzene rings is 2. The molecule has 6 nitrogen and oxygen atoms in total. The van der Waals surface area contributed by atoms with Crippen molar-refractivity contribution in [3.63, 3.8) is 0 Å². The molecule has 43 heavy (non-hydrogen) atoms. The maximum atomic E-state index is 11.7. The molecule has 2 aromatic rings. The number of anilines is 1. The number of rotatable bonds is 7. The third kappa shape index (κ3) is 5.16. The summed E-state index contributed by atoms with van der Waals surface area (Å²) in [6, 6.07) is 10.8. The number of likely N-dealkylation sites (N-methyl/N-ethyl adjacent to an activating group) is 1. The highest BCUT2D eigenvalue weighted by Crippen LogP contribution is 2.48.